The van der Waals surface area contributed by atoms with E-state index in [1.165, 1.54) is 27.5 Å². The third kappa shape index (κ3) is 2.83. The van der Waals surface area contributed by atoms with Crippen LogP contribution in [0, 0.1) is 6.92 Å². The highest BCUT2D eigenvalue weighted by Crippen LogP contribution is 2.38. The summed E-state index contributed by atoms with van der Waals surface area (Å²) in [5, 5.41) is 4.81. The van der Waals surface area contributed by atoms with Crippen molar-refractivity contribution in [2.75, 3.05) is 0 Å². The van der Waals surface area contributed by atoms with Gasteiger partial charge in [-0.25, -0.2) is 4.57 Å². The fraction of sp³-hybridized carbons (Fsp3) is 0.0690. The van der Waals surface area contributed by atoms with Gasteiger partial charge < -0.3 is 4.42 Å². The summed E-state index contributed by atoms with van der Waals surface area (Å²) >= 11 is 0. The molecule has 0 aliphatic rings. The molecule has 2 heterocycles. The molecule has 6 rings (SSSR count). The van der Waals surface area contributed by atoms with E-state index >= 15 is 0 Å². The SMILES string of the molecule is Cc1ccc2c(oc3cc(-c4ccc5ccccc5c4)ccc32)c1-c1cccc[n+]1C. The molecule has 0 aliphatic heterocycles. The van der Waals surface area contributed by atoms with Crippen molar-refractivity contribution < 1.29 is 8.98 Å². The Morgan fingerprint density at radius 1 is 0.677 bits per heavy atom. The Hall–Kier alpha value is -3.91. The molecule has 0 amide bonds. The van der Waals surface area contributed by atoms with E-state index < -0.39 is 0 Å². The Labute approximate surface area is 181 Å². The van der Waals surface area contributed by atoms with Crippen LogP contribution in [-0.4, -0.2) is 0 Å². The lowest BCUT2D eigenvalue weighted by molar-refractivity contribution is -0.660. The molecule has 0 saturated carbocycles. The van der Waals surface area contributed by atoms with Gasteiger partial charge >= 0.3 is 0 Å². The molecule has 0 N–H and O–H groups in total. The van der Waals surface area contributed by atoms with Crippen molar-refractivity contribution in [3.05, 3.63) is 103 Å². The minimum absolute atomic E-state index is 0.922. The lowest BCUT2D eigenvalue weighted by atomic mass is 9.98. The maximum Gasteiger partial charge on any atom is 0.216 e. The molecular formula is C29H22NO+. The average molecular weight is 401 g/mol. The smallest absolute Gasteiger partial charge is 0.216 e. The monoisotopic (exact) mass is 400 g/mol. The van der Waals surface area contributed by atoms with Crippen LogP contribution in [0.25, 0.3) is 55.1 Å². The summed E-state index contributed by atoms with van der Waals surface area (Å²) in [5.41, 5.74) is 7.76. The van der Waals surface area contributed by atoms with Gasteiger partial charge in [0.2, 0.25) is 5.69 Å². The molecule has 0 radical (unpaired) electrons. The van der Waals surface area contributed by atoms with Gasteiger partial charge in [-0.3, -0.25) is 0 Å². The summed E-state index contributed by atoms with van der Waals surface area (Å²) in [5.74, 6) is 0. The van der Waals surface area contributed by atoms with Crippen molar-refractivity contribution in [1.82, 2.24) is 0 Å². The highest BCUT2D eigenvalue weighted by atomic mass is 16.3. The molecule has 6 aromatic rings. The average Bonchev–Trinajstić information content (AvgIpc) is 3.17. The molecule has 0 saturated heterocycles. The molecule has 0 unspecified atom stereocenters. The van der Waals surface area contributed by atoms with Gasteiger partial charge in [0, 0.05) is 22.9 Å². The quantitative estimate of drug-likeness (QED) is 0.281. The zero-order valence-electron chi connectivity index (χ0n) is 17.6. The minimum Gasteiger partial charge on any atom is -0.455 e. The summed E-state index contributed by atoms with van der Waals surface area (Å²) in [6.45, 7) is 2.15. The summed E-state index contributed by atoms with van der Waals surface area (Å²) in [6, 6.07) is 32.3. The van der Waals surface area contributed by atoms with Gasteiger partial charge in [-0.05, 0) is 58.7 Å². The number of furan rings is 1. The molecule has 2 nitrogen and oxygen atoms in total. The normalized spacial score (nSPS) is 11.5. The van der Waals surface area contributed by atoms with Gasteiger partial charge in [-0.2, -0.15) is 0 Å². The third-order valence-electron chi connectivity index (χ3n) is 6.24. The van der Waals surface area contributed by atoms with Gasteiger partial charge in [-0.1, -0.05) is 54.6 Å². The number of fused-ring (bicyclic) bond motifs is 4. The topological polar surface area (TPSA) is 17.0 Å². The number of aromatic nitrogens is 1. The van der Waals surface area contributed by atoms with E-state index in [4.69, 9.17) is 4.42 Å². The lowest BCUT2D eigenvalue weighted by Gasteiger charge is -2.04. The molecule has 4 aromatic carbocycles. The first-order chi connectivity index (χ1) is 15.2. The Morgan fingerprint density at radius 2 is 1.42 bits per heavy atom. The van der Waals surface area contributed by atoms with E-state index in [1.54, 1.807) is 0 Å². The van der Waals surface area contributed by atoms with Gasteiger partial charge in [0.25, 0.3) is 0 Å². The highest BCUT2D eigenvalue weighted by Gasteiger charge is 2.20. The van der Waals surface area contributed by atoms with Crippen LogP contribution >= 0.6 is 0 Å². The van der Waals surface area contributed by atoms with Gasteiger partial charge in [0.1, 0.15) is 18.2 Å². The van der Waals surface area contributed by atoms with Crippen LogP contribution in [0.3, 0.4) is 0 Å². The van der Waals surface area contributed by atoms with Crippen LogP contribution in [0.4, 0.5) is 0 Å². The van der Waals surface area contributed by atoms with E-state index in [-0.39, 0.29) is 0 Å². The molecule has 0 fully saturated rings. The van der Waals surface area contributed by atoms with Crippen molar-refractivity contribution in [3.8, 4) is 22.4 Å². The number of hydrogen-bond acceptors (Lipinski definition) is 1. The maximum atomic E-state index is 6.51. The Kier molecular flexibility index (Phi) is 3.94. The molecular weight excluding hydrogens is 378 g/mol. The summed E-state index contributed by atoms with van der Waals surface area (Å²) in [7, 11) is 2.08. The van der Waals surface area contributed by atoms with Crippen LogP contribution in [0.5, 0.6) is 0 Å². The molecule has 0 aliphatic carbocycles. The molecule has 0 spiro atoms. The predicted octanol–water partition coefficient (Wildman–Crippen LogP) is 7.21. The fourth-order valence-corrected chi connectivity index (χ4v) is 4.59. The second kappa shape index (κ2) is 6.82. The van der Waals surface area contributed by atoms with Crippen LogP contribution in [-0.2, 0) is 7.05 Å². The minimum atomic E-state index is 0.922. The Morgan fingerprint density at radius 3 is 2.29 bits per heavy atom. The van der Waals surface area contributed by atoms with Crippen molar-refractivity contribution >= 4 is 32.7 Å². The van der Waals surface area contributed by atoms with Crippen LogP contribution in [0.15, 0.2) is 102 Å². The number of rotatable bonds is 2. The molecule has 2 aromatic heterocycles. The standard InChI is InChI=1S/C29H22NO/c1-19-10-14-25-24-15-13-23(22-12-11-20-7-3-4-8-21(20)17-22)18-27(24)31-29(25)28(19)26-9-5-6-16-30(26)2/h3-18H,1-2H3/q+1. The van der Waals surface area contributed by atoms with E-state index in [2.05, 4.69) is 110 Å². The number of benzene rings is 4. The van der Waals surface area contributed by atoms with Crippen LogP contribution < -0.4 is 4.57 Å². The molecule has 0 bridgehead atoms. The first-order valence-corrected chi connectivity index (χ1v) is 10.6. The number of pyridine rings is 1. The first-order valence-electron chi connectivity index (χ1n) is 10.6. The molecule has 2 heteroatoms. The maximum absolute atomic E-state index is 6.51. The Bertz CT molecular complexity index is 1610. The van der Waals surface area contributed by atoms with E-state index in [1.807, 2.05) is 6.07 Å². The fourth-order valence-electron chi connectivity index (χ4n) is 4.59. The second-order valence-corrected chi connectivity index (χ2v) is 8.21. The van der Waals surface area contributed by atoms with Crippen molar-refractivity contribution in [1.29, 1.82) is 0 Å². The first kappa shape index (κ1) is 17.9. The van der Waals surface area contributed by atoms with Crippen molar-refractivity contribution in [2.24, 2.45) is 7.05 Å². The second-order valence-electron chi connectivity index (χ2n) is 8.21. The number of aryl methyl sites for hydroxylation is 2. The Balaban J connectivity index is 1.58. The molecule has 0 atom stereocenters. The number of nitrogens with zero attached hydrogens (tertiary/aromatic N) is 1. The van der Waals surface area contributed by atoms with Crippen LogP contribution in [0.1, 0.15) is 5.56 Å². The van der Waals surface area contributed by atoms with E-state index in [9.17, 15) is 0 Å². The van der Waals surface area contributed by atoms with E-state index in [0.29, 0.717) is 0 Å². The third-order valence-corrected chi connectivity index (χ3v) is 6.24. The highest BCUT2D eigenvalue weighted by molar-refractivity contribution is 6.10. The summed E-state index contributed by atoms with van der Waals surface area (Å²) in [6.07, 6.45) is 2.08. The molecule has 31 heavy (non-hydrogen) atoms. The zero-order chi connectivity index (χ0) is 20.9. The number of hydrogen-bond donors (Lipinski definition) is 0. The van der Waals surface area contributed by atoms with Crippen molar-refractivity contribution in [3.63, 3.8) is 0 Å². The van der Waals surface area contributed by atoms with Gasteiger partial charge in [-0.15, -0.1) is 0 Å². The zero-order valence-corrected chi connectivity index (χ0v) is 17.6. The largest absolute Gasteiger partial charge is 0.455 e. The summed E-state index contributed by atoms with van der Waals surface area (Å²) in [4.78, 5) is 0. The molecule has 148 valence electrons. The lowest BCUT2D eigenvalue weighted by Crippen LogP contribution is -2.30. The van der Waals surface area contributed by atoms with Gasteiger partial charge in [0.05, 0.1) is 5.56 Å². The van der Waals surface area contributed by atoms with Crippen molar-refractivity contribution in [2.45, 2.75) is 6.92 Å². The van der Waals surface area contributed by atoms with Crippen LogP contribution in [0.2, 0.25) is 0 Å². The predicted molar refractivity (Wildman–Crippen MR) is 128 cm³/mol. The summed E-state index contributed by atoms with van der Waals surface area (Å²) < 4.78 is 8.66. The van der Waals surface area contributed by atoms with E-state index in [0.717, 1.165) is 33.2 Å². The van der Waals surface area contributed by atoms with Gasteiger partial charge in [0.15, 0.2) is 6.20 Å².